The Kier molecular flexibility index (Phi) is 2.71. The van der Waals surface area contributed by atoms with Gasteiger partial charge in [-0.05, 0) is 0 Å². The molecule has 0 fully saturated rings. The highest BCUT2D eigenvalue weighted by molar-refractivity contribution is 5.65. The van der Waals surface area contributed by atoms with Gasteiger partial charge in [0.2, 0.25) is 5.65 Å². The molecule has 4 aromatic rings. The molecule has 0 spiro atoms. The highest BCUT2D eigenvalue weighted by Crippen LogP contribution is 2.14. The van der Waals surface area contributed by atoms with Crippen LogP contribution in [0.2, 0.25) is 0 Å². The maximum Gasteiger partial charge on any atom is 0.227 e. The Bertz CT molecular complexity index is 809. The van der Waals surface area contributed by atoms with E-state index >= 15 is 0 Å². The molecule has 2 heterocycles. The molecule has 2 aromatic carbocycles. The lowest BCUT2D eigenvalue weighted by Gasteiger charge is -2.03. The van der Waals surface area contributed by atoms with E-state index in [1.807, 2.05) is 69.8 Å². The zero-order chi connectivity index (χ0) is 14.1. The van der Waals surface area contributed by atoms with E-state index in [9.17, 15) is 0 Å². The van der Waals surface area contributed by atoms with Crippen molar-refractivity contribution in [1.82, 2.24) is 14.5 Å². The predicted molar refractivity (Wildman–Crippen MR) is 79.2 cm³/mol. The lowest BCUT2D eigenvalue weighted by Crippen LogP contribution is -2.30. The first-order chi connectivity index (χ1) is 10.4. The number of hydrogen-bond acceptors (Lipinski definition) is 2. The number of hydrogen-bond donors (Lipinski definition) is 0. The number of aromatic nitrogens is 4. The molecule has 4 nitrogen and oxygen atoms in total. The SMILES string of the molecule is [c-]1n(-c2ccccc2)c2nccnc2[n+]1-c1ccccc1. The van der Waals surface area contributed by atoms with Crippen LogP contribution in [0.1, 0.15) is 0 Å². The quantitative estimate of drug-likeness (QED) is 0.415. The summed E-state index contributed by atoms with van der Waals surface area (Å²) in [6, 6.07) is 20.1. The van der Waals surface area contributed by atoms with Gasteiger partial charge in [-0.15, -0.1) is 0 Å². The number of benzene rings is 2. The lowest BCUT2D eigenvalue weighted by atomic mass is 10.3. The van der Waals surface area contributed by atoms with Gasteiger partial charge in [-0.2, -0.15) is 4.98 Å². The standard InChI is InChI=1S/C17H12N4/c1-3-7-14(8-4-1)20-13-21(15-9-5-2-6-10-15)17-16(20)18-11-12-19-17/h1-12H. The molecule has 0 aliphatic carbocycles. The van der Waals surface area contributed by atoms with E-state index in [-0.39, 0.29) is 0 Å². The van der Waals surface area contributed by atoms with Crippen LogP contribution in [0.4, 0.5) is 0 Å². The number of imidazole rings is 1. The summed E-state index contributed by atoms with van der Waals surface area (Å²) in [6.07, 6.45) is 6.73. The molecule has 0 radical (unpaired) electrons. The van der Waals surface area contributed by atoms with E-state index < -0.39 is 0 Å². The first-order valence-corrected chi connectivity index (χ1v) is 6.71. The topological polar surface area (TPSA) is 34.6 Å². The van der Waals surface area contributed by atoms with E-state index in [1.165, 1.54) is 0 Å². The molecular formula is C17H12N4. The molecule has 21 heavy (non-hydrogen) atoms. The highest BCUT2D eigenvalue weighted by atomic mass is 15.2. The Morgan fingerprint density at radius 2 is 1.48 bits per heavy atom. The average Bonchev–Trinajstić information content (AvgIpc) is 2.96. The van der Waals surface area contributed by atoms with Crippen molar-refractivity contribution in [3.05, 3.63) is 79.4 Å². The van der Waals surface area contributed by atoms with Gasteiger partial charge in [0.25, 0.3) is 0 Å². The van der Waals surface area contributed by atoms with Crippen molar-refractivity contribution in [2.75, 3.05) is 0 Å². The zero-order valence-corrected chi connectivity index (χ0v) is 11.2. The van der Waals surface area contributed by atoms with Crippen molar-refractivity contribution in [3.8, 4) is 11.4 Å². The molecule has 0 saturated heterocycles. The van der Waals surface area contributed by atoms with Crippen molar-refractivity contribution in [1.29, 1.82) is 0 Å². The van der Waals surface area contributed by atoms with E-state index in [0.717, 1.165) is 22.7 Å². The van der Waals surface area contributed by atoms with Crippen LogP contribution < -0.4 is 4.57 Å². The molecule has 4 heteroatoms. The second kappa shape index (κ2) is 4.83. The number of rotatable bonds is 2. The van der Waals surface area contributed by atoms with Gasteiger partial charge < -0.3 is 4.57 Å². The smallest absolute Gasteiger partial charge is 0.227 e. The lowest BCUT2D eigenvalue weighted by molar-refractivity contribution is -0.574. The molecule has 0 aliphatic rings. The fourth-order valence-electron chi connectivity index (χ4n) is 2.35. The van der Waals surface area contributed by atoms with Crippen LogP contribution in [-0.2, 0) is 0 Å². The molecule has 0 N–H and O–H groups in total. The maximum atomic E-state index is 4.45. The maximum absolute atomic E-state index is 4.45. The first kappa shape index (κ1) is 11.8. The molecule has 2 aromatic heterocycles. The Balaban J connectivity index is 2.02. The third kappa shape index (κ3) is 1.97. The summed E-state index contributed by atoms with van der Waals surface area (Å²) in [6.45, 7) is 0. The van der Waals surface area contributed by atoms with Crippen molar-refractivity contribution >= 4 is 11.3 Å². The molecule has 0 amide bonds. The van der Waals surface area contributed by atoms with Crippen LogP contribution >= 0.6 is 0 Å². The number of para-hydroxylation sites is 2. The predicted octanol–water partition coefficient (Wildman–Crippen LogP) is 2.50. The molecule has 0 saturated carbocycles. The molecule has 0 bridgehead atoms. The van der Waals surface area contributed by atoms with Gasteiger partial charge >= 0.3 is 0 Å². The molecular weight excluding hydrogens is 260 g/mol. The minimum Gasteiger partial charge on any atom is -0.309 e. The summed E-state index contributed by atoms with van der Waals surface area (Å²) in [4.78, 5) is 8.90. The van der Waals surface area contributed by atoms with Crippen LogP contribution in [0.3, 0.4) is 0 Å². The third-order valence-electron chi connectivity index (χ3n) is 3.31. The average molecular weight is 272 g/mol. The summed E-state index contributed by atoms with van der Waals surface area (Å²) in [5, 5.41) is 0. The van der Waals surface area contributed by atoms with Crippen molar-refractivity contribution in [2.24, 2.45) is 0 Å². The van der Waals surface area contributed by atoms with Gasteiger partial charge in [0.05, 0.1) is 6.20 Å². The Morgan fingerprint density at radius 3 is 2.24 bits per heavy atom. The second-order valence-electron chi connectivity index (χ2n) is 4.65. The Morgan fingerprint density at radius 1 is 0.810 bits per heavy atom. The van der Waals surface area contributed by atoms with Crippen molar-refractivity contribution in [2.45, 2.75) is 0 Å². The zero-order valence-electron chi connectivity index (χ0n) is 11.2. The van der Waals surface area contributed by atoms with E-state index in [1.54, 1.807) is 12.4 Å². The summed E-state index contributed by atoms with van der Waals surface area (Å²) in [7, 11) is 0. The van der Waals surface area contributed by atoms with Gasteiger partial charge in [0, 0.05) is 11.4 Å². The summed E-state index contributed by atoms with van der Waals surface area (Å²) < 4.78 is 3.85. The van der Waals surface area contributed by atoms with Crippen molar-refractivity contribution in [3.63, 3.8) is 0 Å². The minimum atomic E-state index is 0.785. The third-order valence-corrected chi connectivity index (χ3v) is 3.31. The van der Waals surface area contributed by atoms with Gasteiger partial charge in [0.15, 0.2) is 12.0 Å². The molecule has 0 atom stereocenters. The summed E-state index contributed by atoms with van der Waals surface area (Å²) in [5.74, 6) is 0. The first-order valence-electron chi connectivity index (χ1n) is 6.71. The van der Waals surface area contributed by atoms with Gasteiger partial charge in [-0.1, -0.05) is 60.7 Å². The Hall–Kier alpha value is -3.01. The van der Waals surface area contributed by atoms with Gasteiger partial charge in [0.1, 0.15) is 6.20 Å². The fraction of sp³-hybridized carbons (Fsp3) is 0. The minimum absolute atomic E-state index is 0.785. The monoisotopic (exact) mass is 272 g/mol. The summed E-state index contributed by atoms with van der Waals surface area (Å²) >= 11 is 0. The highest BCUT2D eigenvalue weighted by Gasteiger charge is 2.12. The van der Waals surface area contributed by atoms with Gasteiger partial charge in [-0.25, -0.2) is 0 Å². The number of fused-ring (bicyclic) bond motifs is 1. The van der Waals surface area contributed by atoms with Crippen LogP contribution in [0.25, 0.3) is 22.7 Å². The van der Waals surface area contributed by atoms with E-state index in [4.69, 9.17) is 0 Å². The largest absolute Gasteiger partial charge is 0.309 e. The summed E-state index contributed by atoms with van der Waals surface area (Å²) in [5.41, 5.74) is 3.59. The molecule has 100 valence electrons. The molecule has 0 unspecified atom stereocenters. The van der Waals surface area contributed by atoms with E-state index in [2.05, 4.69) is 16.3 Å². The fourth-order valence-corrected chi connectivity index (χ4v) is 2.35. The molecule has 4 rings (SSSR count). The van der Waals surface area contributed by atoms with Crippen LogP contribution in [0.5, 0.6) is 0 Å². The van der Waals surface area contributed by atoms with Crippen LogP contribution in [0, 0.1) is 6.33 Å². The van der Waals surface area contributed by atoms with Crippen LogP contribution in [-0.4, -0.2) is 14.5 Å². The Labute approximate surface area is 122 Å². The van der Waals surface area contributed by atoms with Crippen molar-refractivity contribution < 1.29 is 4.57 Å². The second-order valence-corrected chi connectivity index (χ2v) is 4.65. The molecule has 0 aliphatic heterocycles. The van der Waals surface area contributed by atoms with E-state index in [0.29, 0.717) is 0 Å². The van der Waals surface area contributed by atoms with Crippen LogP contribution in [0.15, 0.2) is 73.1 Å². The van der Waals surface area contributed by atoms with Gasteiger partial charge in [-0.3, -0.25) is 9.55 Å². The number of nitrogens with zero attached hydrogens (tertiary/aromatic N) is 4. The normalized spacial score (nSPS) is 10.9.